The first-order valence-electron chi connectivity index (χ1n) is 9.92. The van der Waals surface area contributed by atoms with Gasteiger partial charge in [-0.2, -0.15) is 0 Å². The summed E-state index contributed by atoms with van der Waals surface area (Å²) in [5.74, 6) is 2.50. The fourth-order valence-electron chi connectivity index (χ4n) is 3.59. The Labute approximate surface area is 168 Å². The summed E-state index contributed by atoms with van der Waals surface area (Å²) < 4.78 is 10.7. The van der Waals surface area contributed by atoms with E-state index in [4.69, 9.17) is 9.47 Å². The van der Waals surface area contributed by atoms with Gasteiger partial charge in [-0.1, -0.05) is 0 Å². The van der Waals surface area contributed by atoms with Crippen LogP contribution in [-0.2, 0) is 11.3 Å². The van der Waals surface area contributed by atoms with E-state index in [9.17, 15) is 4.79 Å². The average molecular weight is 391 g/mol. The lowest BCUT2D eigenvalue weighted by Crippen LogP contribution is -2.44. The molecule has 1 unspecified atom stereocenters. The summed E-state index contributed by atoms with van der Waals surface area (Å²) in [6, 6.07) is 6.13. The maximum absolute atomic E-state index is 12.5. The molecular weight excluding hydrogens is 356 g/mol. The number of hydrogen-bond donors (Lipinski definition) is 1. The van der Waals surface area contributed by atoms with Crippen LogP contribution in [0.4, 0.5) is 0 Å². The second kappa shape index (κ2) is 10.8. The van der Waals surface area contributed by atoms with Gasteiger partial charge in [-0.15, -0.1) is 0 Å². The first kappa shape index (κ1) is 21.9. The molecule has 0 aliphatic carbocycles. The maximum Gasteiger partial charge on any atom is 0.224 e. The molecule has 1 N–H and O–H groups in total. The van der Waals surface area contributed by atoms with Crippen LogP contribution < -0.4 is 14.8 Å². The third-order valence-electron chi connectivity index (χ3n) is 5.22. The van der Waals surface area contributed by atoms with Gasteiger partial charge in [0.25, 0.3) is 0 Å². The van der Waals surface area contributed by atoms with Crippen molar-refractivity contribution in [3.63, 3.8) is 0 Å². The van der Waals surface area contributed by atoms with Gasteiger partial charge in [-0.05, 0) is 38.3 Å². The lowest BCUT2D eigenvalue weighted by molar-refractivity contribution is -0.134. The summed E-state index contributed by atoms with van der Waals surface area (Å²) in [6.07, 6.45) is 3.91. The zero-order valence-electron chi connectivity index (χ0n) is 17.8. The minimum atomic E-state index is 0.217. The summed E-state index contributed by atoms with van der Waals surface area (Å²) in [4.78, 5) is 20.9. The van der Waals surface area contributed by atoms with Crippen molar-refractivity contribution in [1.29, 1.82) is 0 Å². The number of ether oxygens (including phenoxy) is 2. The smallest absolute Gasteiger partial charge is 0.224 e. The molecule has 1 aromatic rings. The number of methoxy groups -OCH3 is 2. The molecule has 0 radical (unpaired) electrons. The van der Waals surface area contributed by atoms with Gasteiger partial charge in [-0.25, -0.2) is 0 Å². The Hall–Kier alpha value is -2.44. The second-order valence-electron chi connectivity index (χ2n) is 7.19. The van der Waals surface area contributed by atoms with E-state index in [0.717, 1.165) is 42.4 Å². The van der Waals surface area contributed by atoms with Crippen molar-refractivity contribution < 1.29 is 14.3 Å². The van der Waals surface area contributed by atoms with E-state index < -0.39 is 0 Å². The molecule has 1 aromatic carbocycles. The lowest BCUT2D eigenvalue weighted by atomic mass is 10.0. The molecule has 2 rings (SSSR count). The largest absolute Gasteiger partial charge is 0.497 e. The van der Waals surface area contributed by atoms with E-state index in [1.807, 2.05) is 35.0 Å². The number of aliphatic imine (C=N–C) groups is 1. The van der Waals surface area contributed by atoms with E-state index in [1.54, 1.807) is 21.3 Å². The Morgan fingerprint density at radius 1 is 1.32 bits per heavy atom. The molecule has 7 nitrogen and oxygen atoms in total. The zero-order chi connectivity index (χ0) is 20.5. The number of hydrogen-bond acceptors (Lipinski definition) is 4. The first-order chi connectivity index (χ1) is 13.5. The van der Waals surface area contributed by atoms with E-state index in [2.05, 4.69) is 17.2 Å². The highest BCUT2D eigenvalue weighted by molar-refractivity contribution is 5.81. The topological polar surface area (TPSA) is 66.4 Å². The van der Waals surface area contributed by atoms with Gasteiger partial charge < -0.3 is 24.6 Å². The van der Waals surface area contributed by atoms with Crippen LogP contribution in [0, 0.1) is 0 Å². The van der Waals surface area contributed by atoms with Gasteiger partial charge >= 0.3 is 0 Å². The fourth-order valence-corrected chi connectivity index (χ4v) is 3.59. The average Bonchev–Trinajstić information content (AvgIpc) is 2.71. The van der Waals surface area contributed by atoms with Gasteiger partial charge in [0.05, 0.1) is 14.2 Å². The van der Waals surface area contributed by atoms with E-state index in [0.29, 0.717) is 25.6 Å². The van der Waals surface area contributed by atoms with Gasteiger partial charge in [-0.3, -0.25) is 9.79 Å². The number of carbonyl (C=O) groups excluding carboxylic acids is 1. The fraction of sp³-hybridized carbons (Fsp3) is 0.619. The number of rotatable bonds is 7. The molecule has 1 fully saturated rings. The minimum absolute atomic E-state index is 0.217. The molecule has 156 valence electrons. The normalized spacial score (nSPS) is 17.2. The van der Waals surface area contributed by atoms with Crippen LogP contribution in [-0.4, -0.2) is 69.1 Å². The van der Waals surface area contributed by atoms with Crippen molar-refractivity contribution >= 4 is 11.9 Å². The number of guanidine groups is 1. The van der Waals surface area contributed by atoms with Crippen molar-refractivity contribution in [3.8, 4) is 11.5 Å². The highest BCUT2D eigenvalue weighted by Gasteiger charge is 2.22. The number of nitrogens with one attached hydrogen (secondary N) is 1. The molecule has 0 saturated carbocycles. The van der Waals surface area contributed by atoms with Crippen molar-refractivity contribution in [3.05, 3.63) is 23.8 Å². The number of likely N-dealkylation sites (tertiary alicyclic amines) is 1. The van der Waals surface area contributed by atoms with Crippen LogP contribution in [0.25, 0.3) is 0 Å². The number of benzene rings is 1. The Morgan fingerprint density at radius 2 is 2.11 bits per heavy atom. The Kier molecular flexibility index (Phi) is 8.42. The molecule has 28 heavy (non-hydrogen) atoms. The molecule has 1 aliphatic rings. The summed E-state index contributed by atoms with van der Waals surface area (Å²) in [6.45, 7) is 4.22. The van der Waals surface area contributed by atoms with E-state index >= 15 is 0 Å². The SMILES string of the molecule is CN=C(NCCC(=O)N1CCCCC1C)N(C)Cc1ccc(OC)cc1OC. The summed E-state index contributed by atoms with van der Waals surface area (Å²) in [5, 5.41) is 3.30. The predicted molar refractivity (Wildman–Crippen MR) is 112 cm³/mol. The highest BCUT2D eigenvalue weighted by atomic mass is 16.5. The van der Waals surface area contributed by atoms with Crippen LogP contribution in [0.2, 0.25) is 0 Å². The number of nitrogens with zero attached hydrogens (tertiary/aromatic N) is 3. The van der Waals surface area contributed by atoms with Crippen LogP contribution in [0.5, 0.6) is 11.5 Å². The zero-order valence-corrected chi connectivity index (χ0v) is 17.8. The van der Waals surface area contributed by atoms with Gasteiger partial charge in [0.15, 0.2) is 5.96 Å². The van der Waals surface area contributed by atoms with Crippen molar-refractivity contribution in [1.82, 2.24) is 15.1 Å². The van der Waals surface area contributed by atoms with Crippen LogP contribution in [0.15, 0.2) is 23.2 Å². The molecular formula is C21H34N4O3. The molecule has 1 atom stereocenters. The molecule has 1 heterocycles. The monoisotopic (exact) mass is 390 g/mol. The Bertz CT molecular complexity index is 678. The Balaban J connectivity index is 1.88. The maximum atomic E-state index is 12.5. The number of piperidine rings is 1. The number of carbonyl (C=O) groups is 1. The van der Waals surface area contributed by atoms with Crippen LogP contribution in [0.3, 0.4) is 0 Å². The molecule has 1 saturated heterocycles. The predicted octanol–water partition coefficient (Wildman–Crippen LogP) is 2.50. The van der Waals surface area contributed by atoms with E-state index in [-0.39, 0.29) is 5.91 Å². The van der Waals surface area contributed by atoms with Crippen LogP contribution in [0.1, 0.15) is 38.2 Å². The van der Waals surface area contributed by atoms with E-state index in [1.165, 1.54) is 6.42 Å². The molecule has 1 amide bonds. The number of amides is 1. The second-order valence-corrected chi connectivity index (χ2v) is 7.19. The molecule has 0 bridgehead atoms. The van der Waals surface area contributed by atoms with Gasteiger partial charge in [0.1, 0.15) is 11.5 Å². The summed E-state index contributed by atoms with van der Waals surface area (Å²) in [5.41, 5.74) is 1.03. The summed E-state index contributed by atoms with van der Waals surface area (Å²) in [7, 11) is 7.00. The highest BCUT2D eigenvalue weighted by Crippen LogP contribution is 2.25. The lowest BCUT2D eigenvalue weighted by Gasteiger charge is -2.33. The molecule has 0 aromatic heterocycles. The van der Waals surface area contributed by atoms with Gasteiger partial charge in [0.2, 0.25) is 5.91 Å². The summed E-state index contributed by atoms with van der Waals surface area (Å²) >= 11 is 0. The van der Waals surface area contributed by atoms with Gasteiger partial charge in [0, 0.05) is 57.8 Å². The molecule has 1 aliphatic heterocycles. The Morgan fingerprint density at radius 3 is 2.75 bits per heavy atom. The van der Waals surface area contributed by atoms with Crippen LogP contribution >= 0.6 is 0 Å². The van der Waals surface area contributed by atoms with Crippen molar-refractivity contribution in [2.24, 2.45) is 4.99 Å². The molecule has 0 spiro atoms. The molecule has 7 heteroatoms. The van der Waals surface area contributed by atoms with Crippen molar-refractivity contribution in [2.75, 3.05) is 41.4 Å². The quantitative estimate of drug-likeness (QED) is 0.572. The third-order valence-corrected chi connectivity index (χ3v) is 5.22. The third kappa shape index (κ3) is 5.78. The minimum Gasteiger partial charge on any atom is -0.497 e. The first-order valence-corrected chi connectivity index (χ1v) is 9.92. The van der Waals surface area contributed by atoms with Crippen molar-refractivity contribution in [2.45, 2.75) is 45.2 Å². The standard InChI is InChI=1S/C21H34N4O3/c1-16-8-6-7-13-25(16)20(26)11-12-23-21(22-2)24(3)15-17-9-10-18(27-4)14-19(17)28-5/h9-10,14,16H,6-8,11-13,15H2,1-5H3,(H,22,23).